The molecule has 4 nitrogen and oxygen atoms in total. The first-order valence-corrected chi connectivity index (χ1v) is 8.11. The van der Waals surface area contributed by atoms with Gasteiger partial charge in [0.2, 0.25) is 5.91 Å². The fourth-order valence-electron chi connectivity index (χ4n) is 3.89. The van der Waals surface area contributed by atoms with Crippen LogP contribution in [0.2, 0.25) is 0 Å². The molecule has 3 rings (SSSR count). The van der Waals surface area contributed by atoms with Crippen LogP contribution in [0.5, 0.6) is 0 Å². The van der Waals surface area contributed by atoms with Gasteiger partial charge in [-0.3, -0.25) is 4.79 Å². The number of hydrogen-bond donors (Lipinski definition) is 1. The number of nitrogens with zero attached hydrogens (tertiary/aromatic N) is 2. The van der Waals surface area contributed by atoms with Crippen molar-refractivity contribution in [3.05, 3.63) is 0 Å². The molecular weight excluding hydrogens is 238 g/mol. The molecule has 3 aliphatic rings. The minimum absolute atomic E-state index is 0.114. The summed E-state index contributed by atoms with van der Waals surface area (Å²) in [7, 11) is 0. The third kappa shape index (κ3) is 3.11. The smallest absolute Gasteiger partial charge is 0.239 e. The zero-order chi connectivity index (χ0) is 13.1. The van der Waals surface area contributed by atoms with E-state index in [0.29, 0.717) is 5.91 Å². The SMILES string of the molecule is O=C(C1CCCN1)N1CCCC(N2CCCC2)CC1. The average Bonchev–Trinajstić information content (AvgIpc) is 3.08. The summed E-state index contributed by atoms with van der Waals surface area (Å²) in [6, 6.07) is 0.847. The van der Waals surface area contributed by atoms with E-state index < -0.39 is 0 Å². The van der Waals surface area contributed by atoms with Crippen molar-refractivity contribution < 1.29 is 4.79 Å². The topological polar surface area (TPSA) is 35.6 Å². The van der Waals surface area contributed by atoms with Crippen LogP contribution in [0.1, 0.15) is 44.9 Å². The maximum atomic E-state index is 12.4. The van der Waals surface area contributed by atoms with Crippen LogP contribution in [0.4, 0.5) is 0 Å². The van der Waals surface area contributed by atoms with Gasteiger partial charge in [0.05, 0.1) is 6.04 Å². The maximum Gasteiger partial charge on any atom is 0.239 e. The number of carbonyl (C=O) groups is 1. The highest BCUT2D eigenvalue weighted by Gasteiger charge is 2.30. The Balaban J connectivity index is 1.53. The lowest BCUT2D eigenvalue weighted by molar-refractivity contribution is -0.133. The summed E-state index contributed by atoms with van der Waals surface area (Å²) < 4.78 is 0. The molecule has 2 atom stereocenters. The van der Waals surface area contributed by atoms with Crippen molar-refractivity contribution >= 4 is 5.91 Å². The van der Waals surface area contributed by atoms with Gasteiger partial charge in [0, 0.05) is 19.1 Å². The predicted octanol–water partition coefficient (Wildman–Crippen LogP) is 1.22. The first-order chi connectivity index (χ1) is 9.34. The van der Waals surface area contributed by atoms with Gasteiger partial charge in [-0.15, -0.1) is 0 Å². The Morgan fingerprint density at radius 3 is 2.47 bits per heavy atom. The molecule has 1 N–H and O–H groups in total. The van der Waals surface area contributed by atoms with Crippen molar-refractivity contribution in [2.45, 2.75) is 57.0 Å². The van der Waals surface area contributed by atoms with Crippen molar-refractivity contribution in [3.63, 3.8) is 0 Å². The summed E-state index contributed by atoms with van der Waals surface area (Å²) in [6.45, 7) is 5.52. The third-order valence-electron chi connectivity index (χ3n) is 5.02. The van der Waals surface area contributed by atoms with Gasteiger partial charge in [-0.25, -0.2) is 0 Å². The zero-order valence-electron chi connectivity index (χ0n) is 11.9. The molecule has 0 spiro atoms. The van der Waals surface area contributed by atoms with E-state index in [4.69, 9.17) is 0 Å². The summed E-state index contributed by atoms with van der Waals surface area (Å²) in [5.41, 5.74) is 0. The van der Waals surface area contributed by atoms with E-state index in [1.165, 1.54) is 45.2 Å². The Morgan fingerprint density at radius 1 is 0.895 bits per heavy atom. The number of nitrogens with one attached hydrogen (secondary N) is 1. The van der Waals surface area contributed by atoms with E-state index >= 15 is 0 Å². The van der Waals surface area contributed by atoms with Gasteiger partial charge in [-0.1, -0.05) is 0 Å². The Morgan fingerprint density at radius 2 is 1.74 bits per heavy atom. The van der Waals surface area contributed by atoms with E-state index in [-0.39, 0.29) is 6.04 Å². The molecule has 3 fully saturated rings. The Bertz CT molecular complexity index is 309. The summed E-state index contributed by atoms with van der Waals surface area (Å²) in [6.07, 6.45) is 8.56. The second kappa shape index (κ2) is 6.23. The molecule has 2 unspecified atom stereocenters. The van der Waals surface area contributed by atoms with Crippen LogP contribution in [-0.4, -0.2) is 60.5 Å². The predicted molar refractivity (Wildman–Crippen MR) is 76.1 cm³/mol. The van der Waals surface area contributed by atoms with Crippen molar-refractivity contribution in [2.24, 2.45) is 0 Å². The van der Waals surface area contributed by atoms with Gasteiger partial charge in [-0.2, -0.15) is 0 Å². The molecule has 19 heavy (non-hydrogen) atoms. The monoisotopic (exact) mass is 265 g/mol. The summed E-state index contributed by atoms with van der Waals surface area (Å²) in [5, 5.41) is 3.34. The van der Waals surface area contributed by atoms with Crippen LogP contribution in [0.3, 0.4) is 0 Å². The molecule has 0 aromatic heterocycles. The van der Waals surface area contributed by atoms with Crippen LogP contribution in [0.15, 0.2) is 0 Å². The van der Waals surface area contributed by atoms with E-state index in [9.17, 15) is 4.79 Å². The van der Waals surface area contributed by atoms with Crippen molar-refractivity contribution in [2.75, 3.05) is 32.7 Å². The van der Waals surface area contributed by atoms with E-state index in [1.807, 2.05) is 0 Å². The molecule has 4 heteroatoms. The van der Waals surface area contributed by atoms with Gasteiger partial charge < -0.3 is 15.1 Å². The molecule has 0 bridgehead atoms. The second-order valence-electron chi connectivity index (χ2n) is 6.30. The van der Waals surface area contributed by atoms with Crippen LogP contribution < -0.4 is 5.32 Å². The normalized spacial score (nSPS) is 33.6. The van der Waals surface area contributed by atoms with Gasteiger partial charge in [-0.05, 0) is 64.6 Å². The lowest BCUT2D eigenvalue weighted by Gasteiger charge is -2.27. The molecule has 108 valence electrons. The van der Waals surface area contributed by atoms with E-state index in [2.05, 4.69) is 15.1 Å². The molecular formula is C15H27N3O. The van der Waals surface area contributed by atoms with Crippen LogP contribution in [0, 0.1) is 0 Å². The van der Waals surface area contributed by atoms with Crippen molar-refractivity contribution in [3.8, 4) is 0 Å². The first-order valence-electron chi connectivity index (χ1n) is 8.11. The molecule has 0 aromatic rings. The molecule has 0 aromatic carbocycles. The highest BCUT2D eigenvalue weighted by molar-refractivity contribution is 5.82. The van der Waals surface area contributed by atoms with Crippen LogP contribution in [0.25, 0.3) is 0 Å². The second-order valence-corrected chi connectivity index (χ2v) is 6.30. The highest BCUT2D eigenvalue weighted by atomic mass is 16.2. The van der Waals surface area contributed by atoms with E-state index in [1.54, 1.807) is 0 Å². The first kappa shape index (κ1) is 13.4. The Labute approximate surface area is 116 Å². The number of carbonyl (C=O) groups excluding carboxylic acids is 1. The average molecular weight is 265 g/mol. The highest BCUT2D eigenvalue weighted by Crippen LogP contribution is 2.22. The summed E-state index contributed by atoms with van der Waals surface area (Å²) >= 11 is 0. The zero-order valence-corrected chi connectivity index (χ0v) is 11.9. The Kier molecular flexibility index (Phi) is 4.38. The molecule has 3 saturated heterocycles. The summed E-state index contributed by atoms with van der Waals surface area (Å²) in [5.74, 6) is 0.361. The molecule has 0 radical (unpaired) electrons. The lowest BCUT2D eigenvalue weighted by Crippen LogP contribution is -2.44. The maximum absolute atomic E-state index is 12.4. The third-order valence-corrected chi connectivity index (χ3v) is 5.02. The van der Waals surface area contributed by atoms with Gasteiger partial charge in [0.1, 0.15) is 0 Å². The molecule has 1 amide bonds. The van der Waals surface area contributed by atoms with Crippen LogP contribution >= 0.6 is 0 Å². The fraction of sp³-hybridized carbons (Fsp3) is 0.933. The lowest BCUT2D eigenvalue weighted by atomic mass is 10.1. The van der Waals surface area contributed by atoms with Gasteiger partial charge >= 0.3 is 0 Å². The van der Waals surface area contributed by atoms with Crippen molar-refractivity contribution in [1.82, 2.24) is 15.1 Å². The number of hydrogen-bond acceptors (Lipinski definition) is 3. The number of likely N-dealkylation sites (tertiary alicyclic amines) is 2. The van der Waals surface area contributed by atoms with Gasteiger partial charge in [0.25, 0.3) is 0 Å². The Hall–Kier alpha value is -0.610. The fourth-order valence-corrected chi connectivity index (χ4v) is 3.89. The largest absolute Gasteiger partial charge is 0.341 e. The minimum atomic E-state index is 0.114. The van der Waals surface area contributed by atoms with Crippen LogP contribution in [-0.2, 0) is 4.79 Å². The number of amides is 1. The molecule has 0 saturated carbocycles. The molecule has 3 heterocycles. The van der Waals surface area contributed by atoms with E-state index in [0.717, 1.165) is 38.5 Å². The van der Waals surface area contributed by atoms with Crippen molar-refractivity contribution in [1.29, 1.82) is 0 Å². The number of rotatable bonds is 2. The standard InChI is InChI=1S/C15H27N3O/c19-15(14-6-3-8-16-14)18-11-4-5-13(7-12-18)17-9-1-2-10-17/h13-14,16H,1-12H2. The van der Waals surface area contributed by atoms with Gasteiger partial charge in [0.15, 0.2) is 0 Å². The molecule has 0 aliphatic carbocycles. The quantitative estimate of drug-likeness (QED) is 0.815. The summed E-state index contributed by atoms with van der Waals surface area (Å²) in [4.78, 5) is 17.2. The minimum Gasteiger partial charge on any atom is -0.341 e. The molecule has 3 aliphatic heterocycles.